The Bertz CT molecular complexity index is 2780. The summed E-state index contributed by atoms with van der Waals surface area (Å²) < 4.78 is 68.4. The van der Waals surface area contributed by atoms with Crippen LogP contribution in [0.2, 0.25) is 0 Å². The number of ether oxygens (including phenoxy) is 4. The minimum Gasteiger partial charge on any atom is -0.462 e. The third-order valence-electron chi connectivity index (χ3n) is 15.5. The first-order valence-corrected chi connectivity index (χ1v) is 42.7. The van der Waals surface area contributed by atoms with E-state index in [1.807, 2.05) is 30.4 Å². The van der Waals surface area contributed by atoms with Crippen LogP contribution in [0.3, 0.4) is 0 Å². The average molecular weight is 1520 g/mol. The highest BCUT2D eigenvalue weighted by atomic mass is 31.2. The van der Waals surface area contributed by atoms with Crippen molar-refractivity contribution in [1.82, 2.24) is 0 Å². The van der Waals surface area contributed by atoms with Gasteiger partial charge in [0.2, 0.25) is 0 Å². The zero-order valence-corrected chi connectivity index (χ0v) is 67.1. The van der Waals surface area contributed by atoms with Gasteiger partial charge >= 0.3 is 39.5 Å². The van der Waals surface area contributed by atoms with E-state index in [1.165, 1.54) is 25.7 Å². The predicted molar refractivity (Wildman–Crippen MR) is 436 cm³/mol. The van der Waals surface area contributed by atoms with Gasteiger partial charge in [0.15, 0.2) is 12.2 Å². The number of esters is 4. The number of phosphoric acid groups is 2. The average Bonchev–Trinajstić information content (AvgIpc) is 0.907. The van der Waals surface area contributed by atoms with Gasteiger partial charge in [-0.3, -0.25) is 37.3 Å². The summed E-state index contributed by atoms with van der Waals surface area (Å²) in [6, 6.07) is 0. The van der Waals surface area contributed by atoms with E-state index in [9.17, 15) is 43.2 Å². The molecule has 0 spiro atoms. The van der Waals surface area contributed by atoms with Gasteiger partial charge in [-0.2, -0.15) is 0 Å². The summed E-state index contributed by atoms with van der Waals surface area (Å²) >= 11 is 0. The first-order valence-electron chi connectivity index (χ1n) is 39.7. The Kier molecular flexibility index (Phi) is 72.6. The number of rotatable bonds is 72. The molecule has 0 aromatic rings. The molecule has 0 aliphatic rings. The van der Waals surface area contributed by atoms with Gasteiger partial charge in [-0.05, 0) is 167 Å². The molecule has 0 aliphatic heterocycles. The van der Waals surface area contributed by atoms with Crippen molar-refractivity contribution >= 4 is 39.5 Å². The van der Waals surface area contributed by atoms with Crippen molar-refractivity contribution in [2.45, 2.75) is 290 Å². The summed E-state index contributed by atoms with van der Waals surface area (Å²) in [6.07, 6.45) is 94.4. The number of hydrogen-bond donors (Lipinski definition) is 3. The highest BCUT2D eigenvalue weighted by Gasteiger charge is 2.30. The van der Waals surface area contributed by atoms with Crippen LogP contribution in [0, 0.1) is 0 Å². The van der Waals surface area contributed by atoms with Gasteiger partial charge < -0.3 is 33.8 Å². The minimum absolute atomic E-state index is 0.0214. The summed E-state index contributed by atoms with van der Waals surface area (Å²) in [5.41, 5.74) is 0. The molecule has 0 radical (unpaired) electrons. The van der Waals surface area contributed by atoms with Gasteiger partial charge in [0.1, 0.15) is 19.3 Å². The molecule has 598 valence electrons. The number of phosphoric ester groups is 2. The maximum atomic E-state index is 13.1. The second-order valence-electron chi connectivity index (χ2n) is 25.5. The molecular formula is C87H138O17P2. The highest BCUT2D eigenvalue weighted by Crippen LogP contribution is 2.45. The number of aliphatic hydroxyl groups is 1. The van der Waals surface area contributed by atoms with Crippen molar-refractivity contribution in [3.05, 3.63) is 194 Å². The molecule has 17 nitrogen and oxygen atoms in total. The molecule has 0 fully saturated rings. The van der Waals surface area contributed by atoms with Gasteiger partial charge in [-0.1, -0.05) is 273 Å². The second kappa shape index (κ2) is 77.1. The quantitative estimate of drug-likeness (QED) is 0.0169. The molecule has 0 heterocycles. The van der Waals surface area contributed by atoms with Crippen LogP contribution in [0.1, 0.15) is 272 Å². The molecule has 19 heteroatoms. The summed E-state index contributed by atoms with van der Waals surface area (Å²) in [5.74, 6) is -2.40. The second-order valence-corrected chi connectivity index (χ2v) is 28.4. The summed E-state index contributed by atoms with van der Waals surface area (Å²) in [7, 11) is -10.0. The molecule has 0 saturated carbocycles. The summed E-state index contributed by atoms with van der Waals surface area (Å²) in [4.78, 5) is 73.0. The van der Waals surface area contributed by atoms with Crippen LogP contribution >= 0.6 is 15.6 Å². The Morgan fingerprint density at radius 3 is 0.849 bits per heavy atom. The van der Waals surface area contributed by atoms with Gasteiger partial charge in [0.25, 0.3) is 0 Å². The maximum Gasteiger partial charge on any atom is 0.472 e. The van der Waals surface area contributed by atoms with Crippen molar-refractivity contribution in [2.24, 2.45) is 0 Å². The van der Waals surface area contributed by atoms with Crippen LogP contribution in [-0.4, -0.2) is 96.7 Å². The lowest BCUT2D eigenvalue weighted by atomic mass is 10.1. The molecule has 0 saturated heterocycles. The van der Waals surface area contributed by atoms with Crippen molar-refractivity contribution < 1.29 is 80.2 Å². The van der Waals surface area contributed by atoms with Crippen molar-refractivity contribution in [3.63, 3.8) is 0 Å². The number of allylic oxidation sites excluding steroid dienone is 32. The Morgan fingerprint density at radius 2 is 0.519 bits per heavy atom. The van der Waals surface area contributed by atoms with Crippen LogP contribution in [0.25, 0.3) is 0 Å². The Morgan fingerprint density at radius 1 is 0.274 bits per heavy atom. The predicted octanol–water partition coefficient (Wildman–Crippen LogP) is 23.3. The Hall–Kier alpha value is -6.10. The molecule has 3 N–H and O–H groups in total. The van der Waals surface area contributed by atoms with Crippen molar-refractivity contribution in [1.29, 1.82) is 0 Å². The van der Waals surface area contributed by atoms with Crippen molar-refractivity contribution in [2.75, 3.05) is 39.6 Å². The molecule has 5 unspecified atom stereocenters. The summed E-state index contributed by atoms with van der Waals surface area (Å²) in [6.45, 7) is 4.30. The van der Waals surface area contributed by atoms with E-state index in [0.717, 1.165) is 154 Å². The van der Waals surface area contributed by atoms with Crippen LogP contribution in [-0.2, 0) is 65.4 Å². The topological polar surface area (TPSA) is 237 Å². The maximum absolute atomic E-state index is 13.1. The molecule has 0 rings (SSSR count). The highest BCUT2D eigenvalue weighted by molar-refractivity contribution is 7.47. The fourth-order valence-corrected chi connectivity index (χ4v) is 11.2. The minimum atomic E-state index is -5.02. The number of hydrogen-bond acceptors (Lipinski definition) is 15. The number of aliphatic hydroxyl groups excluding tert-OH is 1. The van der Waals surface area contributed by atoms with Crippen LogP contribution < -0.4 is 0 Å². The standard InChI is InChI=1S/C87H138O17P2/c1-5-9-13-17-21-25-29-33-36-39-40-43-45-49-52-56-60-64-68-72-85(90)98-78-83(104-87(92)74-70-66-62-58-54-50-46-42-38-35-31-27-23-19-15-11-7-3)80-102-106(95,96)100-76-81(88)75-99-105(93,94)101-79-82(103-86(91)73-69-65-61-57-53-47-32-28-24-20-16-12-8-4)77-97-84(89)71-67-63-59-55-51-48-44-41-37-34-30-26-22-18-14-10-6-2/h9-11,13-15,21-23,25-28,32-38,40,43-44,46,48-50,52,55,59-60,64,81-83,88H,5-8,12,16-20,24,29-31,39,41-42,45,47,51,53-54,56-58,61-63,65-80H2,1-4H3,(H,93,94)(H,95,96)/b13-9-,14-10-,15-11-,25-21-,26-22-,27-23-,32-28-,36-33-,37-34-,38-35-,43-40-,48-44-,50-46-,52-49-,59-55-,64-60-. The van der Waals surface area contributed by atoms with Gasteiger partial charge in [-0.25, -0.2) is 9.13 Å². The first kappa shape index (κ1) is 99.9. The van der Waals surface area contributed by atoms with Gasteiger partial charge in [-0.15, -0.1) is 0 Å². The van der Waals surface area contributed by atoms with Crippen molar-refractivity contribution in [3.8, 4) is 0 Å². The van der Waals surface area contributed by atoms with Gasteiger partial charge in [0.05, 0.1) is 26.4 Å². The lowest BCUT2D eigenvalue weighted by molar-refractivity contribution is -0.161. The SMILES string of the molecule is CC/C=C\C/C=C\C/C=C\C/C=C\C/C=C\C/C=C\CCC(=O)OCC(COP(=O)(O)OCC(O)COP(=O)(O)OCC(COC(=O)CCC/C=C\C/C=C\C/C=C\C/C=C\C/C=C\CC)OC(=O)CCCCCCC/C=C\CCCCCC)OC(=O)CCCCCC/C=C\C/C=C\C/C=C\C/C=C\CC. The third kappa shape index (κ3) is 76.1. The fraction of sp³-hybridized carbons (Fsp3) is 0.586. The van der Waals surface area contributed by atoms with Gasteiger partial charge in [0, 0.05) is 25.7 Å². The van der Waals surface area contributed by atoms with E-state index in [4.69, 9.17) is 37.0 Å². The molecule has 0 bridgehead atoms. The first-order chi connectivity index (χ1) is 51.7. The smallest absolute Gasteiger partial charge is 0.462 e. The van der Waals surface area contributed by atoms with Crippen LogP contribution in [0.4, 0.5) is 0 Å². The molecule has 106 heavy (non-hydrogen) atoms. The molecule has 0 aliphatic carbocycles. The molecule has 5 atom stereocenters. The Labute approximate surface area is 640 Å². The van der Waals surface area contributed by atoms with E-state index < -0.39 is 97.5 Å². The zero-order valence-electron chi connectivity index (χ0n) is 65.3. The molecule has 0 aromatic heterocycles. The van der Waals surface area contributed by atoms with E-state index >= 15 is 0 Å². The number of carbonyl (C=O) groups excluding carboxylic acids is 4. The lowest BCUT2D eigenvalue weighted by Gasteiger charge is -2.21. The van der Waals surface area contributed by atoms with E-state index in [1.54, 1.807) is 0 Å². The summed E-state index contributed by atoms with van der Waals surface area (Å²) in [5, 5.41) is 10.6. The molecular weight excluding hydrogens is 1380 g/mol. The van der Waals surface area contributed by atoms with E-state index in [0.29, 0.717) is 38.5 Å². The lowest BCUT2D eigenvalue weighted by Crippen LogP contribution is -2.30. The van der Waals surface area contributed by atoms with E-state index in [2.05, 4.69) is 192 Å². The van der Waals surface area contributed by atoms with E-state index in [-0.39, 0.29) is 25.7 Å². The Balaban J connectivity index is 5.53. The number of unbranched alkanes of at least 4 members (excludes halogenated alkanes) is 14. The zero-order chi connectivity index (χ0) is 77.4. The van der Waals surface area contributed by atoms with Crippen LogP contribution in [0.5, 0.6) is 0 Å². The largest absolute Gasteiger partial charge is 0.472 e. The molecule has 0 aromatic carbocycles. The van der Waals surface area contributed by atoms with Crippen LogP contribution in [0.15, 0.2) is 194 Å². The fourth-order valence-electron chi connectivity index (χ4n) is 9.62. The normalized spacial score (nSPS) is 14.9. The number of carbonyl (C=O) groups is 4. The third-order valence-corrected chi connectivity index (χ3v) is 17.4. The molecule has 0 amide bonds. The monoisotopic (exact) mass is 1520 g/mol.